The molecular weight excluding hydrogens is 355 g/mol. The summed E-state index contributed by atoms with van der Waals surface area (Å²) in [6, 6.07) is 7.86. The van der Waals surface area contributed by atoms with Crippen molar-refractivity contribution in [2.75, 3.05) is 0 Å². The third-order valence-electron chi connectivity index (χ3n) is 5.27. The van der Waals surface area contributed by atoms with Crippen LogP contribution in [-0.2, 0) is 19.5 Å². The highest BCUT2D eigenvalue weighted by Crippen LogP contribution is 2.42. The number of halogens is 3. The van der Waals surface area contributed by atoms with Crippen molar-refractivity contribution in [3.63, 3.8) is 0 Å². The molecule has 2 aliphatic rings. The van der Waals surface area contributed by atoms with E-state index in [1.54, 1.807) is 0 Å². The molecule has 0 saturated heterocycles. The third-order valence-corrected chi connectivity index (χ3v) is 5.27. The van der Waals surface area contributed by atoms with Crippen molar-refractivity contribution in [1.82, 2.24) is 14.7 Å². The first kappa shape index (κ1) is 18.1. The van der Waals surface area contributed by atoms with Gasteiger partial charge in [-0.1, -0.05) is 24.3 Å². The lowest BCUT2D eigenvalue weighted by Crippen LogP contribution is -2.34. The first-order chi connectivity index (χ1) is 12.8. The minimum absolute atomic E-state index is 0.0392. The van der Waals surface area contributed by atoms with Gasteiger partial charge < -0.3 is 4.90 Å². The van der Waals surface area contributed by atoms with E-state index in [1.165, 1.54) is 17.5 Å². The quantitative estimate of drug-likeness (QED) is 0.751. The number of amides is 1. The van der Waals surface area contributed by atoms with Crippen LogP contribution in [0.3, 0.4) is 0 Å². The topological polar surface area (TPSA) is 38.1 Å². The Kier molecular flexibility index (Phi) is 4.28. The van der Waals surface area contributed by atoms with E-state index in [9.17, 15) is 18.0 Å². The number of benzene rings is 1. The zero-order valence-corrected chi connectivity index (χ0v) is 15.4. The summed E-state index contributed by atoms with van der Waals surface area (Å²) in [5.74, 6) is -4.61. The maximum Gasteiger partial charge on any atom is 0.289 e. The largest absolute Gasteiger partial charge is 0.331 e. The highest BCUT2D eigenvalue weighted by atomic mass is 19.3. The van der Waals surface area contributed by atoms with E-state index in [-0.39, 0.29) is 6.04 Å². The van der Waals surface area contributed by atoms with Crippen LogP contribution in [-0.4, -0.2) is 26.6 Å². The van der Waals surface area contributed by atoms with Crippen LogP contribution in [0.2, 0.25) is 0 Å². The van der Waals surface area contributed by atoms with E-state index >= 15 is 0 Å². The zero-order valence-electron chi connectivity index (χ0n) is 15.4. The fraction of sp³-hybridized carbons (Fsp3) is 0.500. The van der Waals surface area contributed by atoms with Gasteiger partial charge in [0.2, 0.25) is 5.95 Å². The second kappa shape index (κ2) is 6.39. The van der Waals surface area contributed by atoms with Gasteiger partial charge in [0.25, 0.3) is 11.8 Å². The molecular formula is C20H22F3N3O. The van der Waals surface area contributed by atoms with Crippen LogP contribution in [0.4, 0.5) is 13.2 Å². The summed E-state index contributed by atoms with van der Waals surface area (Å²) in [7, 11) is 1.23. The Morgan fingerprint density at radius 2 is 1.93 bits per heavy atom. The molecule has 4 nitrogen and oxygen atoms in total. The number of aryl methyl sites for hydroxylation is 1. The molecule has 1 aromatic heterocycles. The number of rotatable bonds is 6. The van der Waals surface area contributed by atoms with Crippen LogP contribution in [0.1, 0.15) is 65.7 Å². The SMILES string of the molecule is Cn1nc(C(C)(F)F)c(C(=O)N(Cc2ccccc2C2CC2)C2CC2)c1F. The van der Waals surface area contributed by atoms with E-state index in [1.807, 2.05) is 18.2 Å². The van der Waals surface area contributed by atoms with E-state index in [2.05, 4.69) is 11.2 Å². The number of aromatic nitrogens is 2. The number of hydrogen-bond donors (Lipinski definition) is 0. The lowest BCUT2D eigenvalue weighted by molar-refractivity contribution is 0.0105. The van der Waals surface area contributed by atoms with E-state index in [0.717, 1.165) is 31.2 Å². The summed E-state index contributed by atoms with van der Waals surface area (Å²) in [5, 5.41) is 3.57. The molecule has 1 aromatic carbocycles. The highest BCUT2D eigenvalue weighted by Gasteiger charge is 2.42. The predicted octanol–water partition coefficient (Wildman–Crippen LogP) is 4.35. The smallest absolute Gasteiger partial charge is 0.289 e. The predicted molar refractivity (Wildman–Crippen MR) is 94.0 cm³/mol. The summed E-state index contributed by atoms with van der Waals surface area (Å²) in [5.41, 5.74) is 0.799. The highest BCUT2D eigenvalue weighted by molar-refractivity contribution is 5.96. The van der Waals surface area contributed by atoms with Crippen LogP contribution < -0.4 is 0 Å². The fourth-order valence-corrected chi connectivity index (χ4v) is 3.55. The van der Waals surface area contributed by atoms with Crippen molar-refractivity contribution >= 4 is 5.91 Å². The molecule has 2 saturated carbocycles. The normalized spacial score (nSPS) is 17.2. The van der Waals surface area contributed by atoms with Crippen LogP contribution in [0.25, 0.3) is 0 Å². The maximum absolute atomic E-state index is 14.5. The molecule has 4 rings (SSSR count). The van der Waals surface area contributed by atoms with E-state index in [0.29, 0.717) is 24.1 Å². The molecule has 2 aliphatic carbocycles. The molecule has 0 N–H and O–H groups in total. The number of nitrogens with zero attached hydrogens (tertiary/aromatic N) is 3. The molecule has 1 amide bonds. The van der Waals surface area contributed by atoms with Crippen LogP contribution >= 0.6 is 0 Å². The van der Waals surface area contributed by atoms with Crippen molar-refractivity contribution in [3.05, 3.63) is 52.6 Å². The minimum atomic E-state index is -3.39. The molecule has 2 fully saturated rings. The molecule has 0 bridgehead atoms. The monoisotopic (exact) mass is 377 g/mol. The van der Waals surface area contributed by atoms with Crippen molar-refractivity contribution in [3.8, 4) is 0 Å². The van der Waals surface area contributed by atoms with Crippen molar-refractivity contribution in [1.29, 1.82) is 0 Å². The van der Waals surface area contributed by atoms with Crippen molar-refractivity contribution < 1.29 is 18.0 Å². The lowest BCUT2D eigenvalue weighted by atomic mass is 10.0. The summed E-state index contributed by atoms with van der Waals surface area (Å²) in [6.45, 7) is 0.939. The summed E-state index contributed by atoms with van der Waals surface area (Å²) >= 11 is 0. The fourth-order valence-electron chi connectivity index (χ4n) is 3.55. The van der Waals surface area contributed by atoms with Gasteiger partial charge in [-0.05, 0) is 42.7 Å². The molecule has 0 atom stereocenters. The number of alkyl halides is 2. The summed E-state index contributed by atoms with van der Waals surface area (Å²) < 4.78 is 43.1. The van der Waals surface area contributed by atoms with Gasteiger partial charge in [-0.25, -0.2) is 4.68 Å². The molecule has 1 heterocycles. The first-order valence-corrected chi connectivity index (χ1v) is 9.27. The molecule has 0 aliphatic heterocycles. The van der Waals surface area contributed by atoms with Crippen molar-refractivity contribution in [2.24, 2.45) is 7.05 Å². The molecule has 144 valence electrons. The van der Waals surface area contributed by atoms with Crippen LogP contribution in [0, 0.1) is 5.95 Å². The maximum atomic E-state index is 14.5. The van der Waals surface area contributed by atoms with Gasteiger partial charge in [-0.2, -0.15) is 18.3 Å². The number of hydrogen-bond acceptors (Lipinski definition) is 2. The Labute approximate surface area is 156 Å². The Bertz CT molecular complexity index is 879. The Hall–Kier alpha value is -2.31. The van der Waals surface area contributed by atoms with Gasteiger partial charge in [-0.15, -0.1) is 0 Å². The molecule has 0 spiro atoms. The number of carbonyl (C=O) groups is 1. The first-order valence-electron chi connectivity index (χ1n) is 9.27. The van der Waals surface area contributed by atoms with Crippen LogP contribution in [0.15, 0.2) is 24.3 Å². The van der Waals surface area contributed by atoms with Gasteiger partial charge in [0.05, 0.1) is 0 Å². The van der Waals surface area contributed by atoms with Gasteiger partial charge in [0.1, 0.15) is 11.3 Å². The molecule has 0 unspecified atom stereocenters. The third kappa shape index (κ3) is 3.47. The Balaban J connectivity index is 1.69. The van der Waals surface area contributed by atoms with Gasteiger partial charge in [-0.3, -0.25) is 4.79 Å². The average Bonchev–Trinajstić information content (AvgIpc) is 3.52. The summed E-state index contributed by atoms with van der Waals surface area (Å²) in [4.78, 5) is 14.7. The Morgan fingerprint density at radius 1 is 1.26 bits per heavy atom. The Morgan fingerprint density at radius 3 is 2.52 bits per heavy atom. The van der Waals surface area contributed by atoms with E-state index < -0.39 is 29.0 Å². The van der Waals surface area contributed by atoms with Crippen molar-refractivity contribution in [2.45, 2.75) is 57.0 Å². The lowest BCUT2D eigenvalue weighted by Gasteiger charge is -2.24. The average molecular weight is 377 g/mol. The second-order valence-electron chi connectivity index (χ2n) is 7.66. The van der Waals surface area contributed by atoms with Crippen LogP contribution in [0.5, 0.6) is 0 Å². The number of carbonyl (C=O) groups excluding carboxylic acids is 1. The standard InChI is InChI=1S/C20H22F3N3O/c1-20(22,23)17-16(18(21)25(2)24-17)19(27)26(14-9-10-14)11-13-5-3-4-6-15(13)12-7-8-12/h3-6,12,14H,7-11H2,1-2H3. The molecule has 7 heteroatoms. The van der Waals surface area contributed by atoms with Gasteiger partial charge in [0, 0.05) is 26.6 Å². The zero-order chi connectivity index (χ0) is 19.3. The molecule has 2 aromatic rings. The van der Waals surface area contributed by atoms with Gasteiger partial charge in [0.15, 0.2) is 0 Å². The van der Waals surface area contributed by atoms with Gasteiger partial charge >= 0.3 is 0 Å². The second-order valence-corrected chi connectivity index (χ2v) is 7.66. The van der Waals surface area contributed by atoms with E-state index in [4.69, 9.17) is 0 Å². The molecule has 0 radical (unpaired) electrons. The molecule has 27 heavy (non-hydrogen) atoms. The summed E-state index contributed by atoms with van der Waals surface area (Å²) in [6.07, 6.45) is 3.85. The minimum Gasteiger partial charge on any atom is -0.331 e.